The zero-order valence-electron chi connectivity index (χ0n) is 9.11. The van der Waals surface area contributed by atoms with Crippen LogP contribution in [-0.4, -0.2) is 33.7 Å². The third-order valence-electron chi connectivity index (χ3n) is 1.87. The Bertz CT molecular complexity index is 409. The van der Waals surface area contributed by atoms with E-state index in [1.807, 2.05) is 0 Å². The van der Waals surface area contributed by atoms with Gasteiger partial charge in [0.1, 0.15) is 10.6 Å². The number of aliphatic carboxylic acids is 1. The Balaban J connectivity index is 3.00. The number of carboxylic acids is 1. The third kappa shape index (κ3) is 2.73. The Labute approximate surface area is 97.6 Å². The van der Waals surface area contributed by atoms with Gasteiger partial charge in [0, 0.05) is 0 Å². The summed E-state index contributed by atoms with van der Waals surface area (Å²) >= 11 is 5.83. The van der Waals surface area contributed by atoms with Crippen LogP contribution in [0.15, 0.2) is 6.20 Å². The van der Waals surface area contributed by atoms with Crippen LogP contribution in [0.3, 0.4) is 0 Å². The van der Waals surface area contributed by atoms with Crippen LogP contribution in [0.1, 0.15) is 13.8 Å². The standard InChI is InChI=1S/C9H12ClN3O3/c1-9(2,7(14)15)13-6-5(10)4-11-8(12-6)16-3/h4H,1-3H3,(H,14,15)(H,11,12,13). The summed E-state index contributed by atoms with van der Waals surface area (Å²) in [6, 6.07) is 0.119. The van der Waals surface area contributed by atoms with Crippen LogP contribution < -0.4 is 10.1 Å². The maximum Gasteiger partial charge on any atom is 0.328 e. The minimum absolute atomic E-state index is 0.119. The average molecular weight is 246 g/mol. The first-order chi connectivity index (χ1) is 7.36. The van der Waals surface area contributed by atoms with Gasteiger partial charge in [-0.2, -0.15) is 4.98 Å². The number of carboxylic acid groups (broad SMARTS) is 1. The van der Waals surface area contributed by atoms with Crippen molar-refractivity contribution in [3.8, 4) is 6.01 Å². The summed E-state index contributed by atoms with van der Waals surface area (Å²) in [6.45, 7) is 3.00. The molecule has 1 aromatic heterocycles. The molecule has 0 aliphatic rings. The highest BCUT2D eigenvalue weighted by Gasteiger charge is 2.28. The average Bonchev–Trinajstić information content (AvgIpc) is 2.21. The minimum atomic E-state index is -1.18. The van der Waals surface area contributed by atoms with E-state index >= 15 is 0 Å². The first kappa shape index (κ1) is 12.5. The van der Waals surface area contributed by atoms with Crippen LogP contribution in [0.2, 0.25) is 5.02 Å². The predicted molar refractivity (Wildman–Crippen MR) is 58.9 cm³/mol. The second-order valence-electron chi connectivity index (χ2n) is 3.61. The molecule has 0 bridgehead atoms. The molecule has 2 N–H and O–H groups in total. The molecule has 0 aromatic carbocycles. The molecule has 16 heavy (non-hydrogen) atoms. The van der Waals surface area contributed by atoms with Gasteiger partial charge in [0.2, 0.25) is 0 Å². The van der Waals surface area contributed by atoms with Gasteiger partial charge in [-0.05, 0) is 13.8 Å². The van der Waals surface area contributed by atoms with Crippen molar-refractivity contribution in [1.82, 2.24) is 9.97 Å². The highest BCUT2D eigenvalue weighted by molar-refractivity contribution is 6.32. The molecular weight excluding hydrogens is 234 g/mol. The minimum Gasteiger partial charge on any atom is -0.480 e. The van der Waals surface area contributed by atoms with E-state index in [0.29, 0.717) is 0 Å². The van der Waals surface area contributed by atoms with Crippen molar-refractivity contribution in [2.75, 3.05) is 12.4 Å². The normalized spacial score (nSPS) is 11.0. The number of nitrogens with zero attached hydrogens (tertiary/aromatic N) is 2. The molecule has 1 heterocycles. The van der Waals surface area contributed by atoms with Gasteiger partial charge in [-0.25, -0.2) is 9.78 Å². The number of ether oxygens (including phenoxy) is 1. The Morgan fingerprint density at radius 1 is 1.62 bits per heavy atom. The van der Waals surface area contributed by atoms with Crippen LogP contribution in [0.4, 0.5) is 5.82 Å². The molecule has 0 atom stereocenters. The molecule has 0 saturated heterocycles. The lowest BCUT2D eigenvalue weighted by Crippen LogP contribution is -2.40. The van der Waals surface area contributed by atoms with Crippen LogP contribution in [0.5, 0.6) is 6.01 Å². The molecule has 0 fully saturated rings. The van der Waals surface area contributed by atoms with Gasteiger partial charge in [-0.3, -0.25) is 0 Å². The van der Waals surface area contributed by atoms with Crippen LogP contribution >= 0.6 is 11.6 Å². The topological polar surface area (TPSA) is 84.3 Å². The predicted octanol–water partition coefficient (Wildman–Crippen LogP) is 1.41. The molecule has 0 radical (unpaired) electrons. The van der Waals surface area contributed by atoms with Gasteiger partial charge in [-0.15, -0.1) is 0 Å². The molecule has 0 spiro atoms. The maximum absolute atomic E-state index is 10.9. The SMILES string of the molecule is COc1ncc(Cl)c(NC(C)(C)C(=O)O)n1. The molecule has 1 rings (SSSR count). The Morgan fingerprint density at radius 2 is 2.25 bits per heavy atom. The maximum atomic E-state index is 10.9. The zero-order valence-corrected chi connectivity index (χ0v) is 9.87. The Kier molecular flexibility index (Phi) is 3.54. The second kappa shape index (κ2) is 4.52. The van der Waals surface area contributed by atoms with Gasteiger partial charge in [0.25, 0.3) is 0 Å². The molecule has 7 heteroatoms. The third-order valence-corrected chi connectivity index (χ3v) is 2.15. The van der Waals surface area contributed by atoms with E-state index in [0.717, 1.165) is 0 Å². The molecule has 0 aliphatic carbocycles. The van der Waals surface area contributed by atoms with Crippen molar-refractivity contribution >= 4 is 23.4 Å². The summed E-state index contributed by atoms with van der Waals surface area (Å²) in [5, 5.41) is 11.9. The monoisotopic (exact) mass is 245 g/mol. The van der Waals surface area contributed by atoms with E-state index in [-0.39, 0.29) is 16.9 Å². The summed E-state index contributed by atoms with van der Waals surface area (Å²) in [7, 11) is 1.41. The number of methoxy groups -OCH3 is 1. The smallest absolute Gasteiger partial charge is 0.328 e. The fourth-order valence-corrected chi connectivity index (χ4v) is 1.02. The lowest BCUT2D eigenvalue weighted by atomic mass is 10.1. The van der Waals surface area contributed by atoms with Crippen LogP contribution in [-0.2, 0) is 4.79 Å². The van der Waals surface area contributed by atoms with Crippen molar-refractivity contribution in [2.24, 2.45) is 0 Å². The number of hydrogen-bond acceptors (Lipinski definition) is 5. The van der Waals surface area contributed by atoms with Crippen molar-refractivity contribution < 1.29 is 14.6 Å². The number of aromatic nitrogens is 2. The molecule has 6 nitrogen and oxygen atoms in total. The highest BCUT2D eigenvalue weighted by Crippen LogP contribution is 2.23. The van der Waals surface area contributed by atoms with Crippen molar-refractivity contribution in [3.63, 3.8) is 0 Å². The van der Waals surface area contributed by atoms with E-state index in [9.17, 15) is 4.79 Å². The molecule has 1 aromatic rings. The van der Waals surface area contributed by atoms with Gasteiger partial charge in [0.15, 0.2) is 5.82 Å². The number of carbonyl (C=O) groups is 1. The fourth-order valence-electron chi connectivity index (χ4n) is 0.886. The van der Waals surface area contributed by atoms with Gasteiger partial charge in [-0.1, -0.05) is 11.6 Å². The lowest BCUT2D eigenvalue weighted by molar-refractivity contribution is -0.141. The van der Waals surface area contributed by atoms with Crippen LogP contribution in [0, 0.1) is 0 Å². The summed E-state index contributed by atoms with van der Waals surface area (Å²) in [5.41, 5.74) is -1.18. The lowest BCUT2D eigenvalue weighted by Gasteiger charge is -2.22. The fraction of sp³-hybridized carbons (Fsp3) is 0.444. The number of anilines is 1. The second-order valence-corrected chi connectivity index (χ2v) is 4.02. The number of nitrogens with one attached hydrogen (secondary N) is 1. The molecule has 0 saturated carbocycles. The van der Waals surface area contributed by atoms with E-state index in [2.05, 4.69) is 15.3 Å². The van der Waals surface area contributed by atoms with Gasteiger partial charge >= 0.3 is 12.0 Å². The Morgan fingerprint density at radius 3 is 2.75 bits per heavy atom. The van der Waals surface area contributed by atoms with Crippen molar-refractivity contribution in [2.45, 2.75) is 19.4 Å². The quantitative estimate of drug-likeness (QED) is 0.835. The molecular formula is C9H12ClN3O3. The molecule has 0 amide bonds. The summed E-state index contributed by atoms with van der Waals surface area (Å²) < 4.78 is 4.82. The van der Waals surface area contributed by atoms with Gasteiger partial charge < -0.3 is 15.2 Å². The highest BCUT2D eigenvalue weighted by atomic mass is 35.5. The zero-order chi connectivity index (χ0) is 12.3. The summed E-state index contributed by atoms with van der Waals surface area (Å²) in [6.07, 6.45) is 1.34. The van der Waals surface area contributed by atoms with E-state index in [1.165, 1.54) is 27.2 Å². The van der Waals surface area contributed by atoms with E-state index in [1.54, 1.807) is 0 Å². The first-order valence-electron chi connectivity index (χ1n) is 4.45. The Hall–Kier alpha value is -1.56. The number of hydrogen-bond donors (Lipinski definition) is 2. The number of rotatable bonds is 4. The van der Waals surface area contributed by atoms with Crippen LogP contribution in [0.25, 0.3) is 0 Å². The molecule has 88 valence electrons. The summed E-state index contributed by atoms with van der Waals surface area (Å²) in [4.78, 5) is 18.6. The number of halogens is 1. The van der Waals surface area contributed by atoms with Crippen molar-refractivity contribution in [3.05, 3.63) is 11.2 Å². The van der Waals surface area contributed by atoms with Crippen molar-refractivity contribution in [1.29, 1.82) is 0 Å². The van der Waals surface area contributed by atoms with E-state index in [4.69, 9.17) is 21.4 Å². The van der Waals surface area contributed by atoms with Gasteiger partial charge in [0.05, 0.1) is 13.3 Å². The first-order valence-corrected chi connectivity index (χ1v) is 4.82. The molecule has 0 aliphatic heterocycles. The largest absolute Gasteiger partial charge is 0.480 e. The molecule has 0 unspecified atom stereocenters. The van der Waals surface area contributed by atoms with E-state index < -0.39 is 11.5 Å². The summed E-state index contributed by atoms with van der Waals surface area (Å²) in [5.74, 6) is -0.790.